The summed E-state index contributed by atoms with van der Waals surface area (Å²) in [5, 5.41) is 22.0. The lowest BCUT2D eigenvalue weighted by Gasteiger charge is -2.14. The average Bonchev–Trinajstić information content (AvgIpc) is 2.42. The van der Waals surface area contributed by atoms with E-state index in [-0.39, 0.29) is 29.8 Å². The van der Waals surface area contributed by atoms with Gasteiger partial charge in [-0.3, -0.25) is 19.7 Å². The second-order valence-electron chi connectivity index (χ2n) is 4.37. The fraction of sp³-hybridized carbons (Fsp3) is 0.385. The molecule has 8 heteroatoms. The molecule has 114 valence electrons. The lowest BCUT2D eigenvalue weighted by Crippen LogP contribution is -2.34. The average molecular weight is 296 g/mol. The smallest absolute Gasteiger partial charge is 0.306 e. The van der Waals surface area contributed by atoms with Gasteiger partial charge in [-0.2, -0.15) is 0 Å². The number of benzene rings is 1. The lowest BCUT2D eigenvalue weighted by molar-refractivity contribution is -0.385. The summed E-state index contributed by atoms with van der Waals surface area (Å²) in [6.45, 7) is 1.49. The van der Waals surface area contributed by atoms with Gasteiger partial charge in [-0.15, -0.1) is 0 Å². The Hall–Kier alpha value is -2.48. The van der Waals surface area contributed by atoms with Crippen molar-refractivity contribution in [1.82, 2.24) is 5.32 Å². The van der Waals surface area contributed by atoms with Gasteiger partial charge in [-0.1, -0.05) is 6.07 Å². The van der Waals surface area contributed by atoms with Crippen LogP contribution in [0.4, 0.5) is 5.69 Å². The van der Waals surface area contributed by atoms with Crippen molar-refractivity contribution in [2.24, 2.45) is 0 Å². The number of carbonyl (C=O) groups is 2. The van der Waals surface area contributed by atoms with E-state index in [0.717, 1.165) is 0 Å². The first-order valence-corrected chi connectivity index (χ1v) is 6.13. The molecule has 0 fully saturated rings. The number of nitrogens with one attached hydrogen (secondary N) is 1. The summed E-state index contributed by atoms with van der Waals surface area (Å²) in [5.74, 6) is -1.55. The minimum absolute atomic E-state index is 0.00374. The number of carboxylic acid groups (broad SMARTS) is 1. The highest BCUT2D eigenvalue weighted by atomic mass is 16.6. The highest BCUT2D eigenvalue weighted by Gasteiger charge is 2.19. The Morgan fingerprint density at radius 3 is 2.67 bits per heavy atom. The van der Waals surface area contributed by atoms with Gasteiger partial charge in [0.25, 0.3) is 11.6 Å². The molecule has 1 rings (SSSR count). The van der Waals surface area contributed by atoms with Crippen LogP contribution in [0.2, 0.25) is 0 Å². The van der Waals surface area contributed by atoms with Crippen LogP contribution < -0.4 is 5.32 Å². The number of aliphatic carboxylic acids is 1. The van der Waals surface area contributed by atoms with Crippen LogP contribution in [-0.4, -0.2) is 41.7 Å². The van der Waals surface area contributed by atoms with Crippen LogP contribution in [-0.2, 0) is 9.53 Å². The first-order chi connectivity index (χ1) is 9.86. The maximum Gasteiger partial charge on any atom is 0.306 e. The van der Waals surface area contributed by atoms with Crippen LogP contribution >= 0.6 is 0 Å². The van der Waals surface area contributed by atoms with Crippen LogP contribution in [0.1, 0.15) is 22.3 Å². The zero-order chi connectivity index (χ0) is 16.0. The van der Waals surface area contributed by atoms with Gasteiger partial charge in [0.1, 0.15) is 0 Å². The molecular weight excluding hydrogens is 280 g/mol. The topological polar surface area (TPSA) is 119 Å². The van der Waals surface area contributed by atoms with E-state index in [1.807, 2.05) is 0 Å². The molecule has 8 nitrogen and oxygen atoms in total. The summed E-state index contributed by atoms with van der Waals surface area (Å²) in [7, 11) is 1.35. The van der Waals surface area contributed by atoms with Crippen molar-refractivity contribution >= 4 is 17.6 Å². The number of carbonyl (C=O) groups excluding carboxylic acids is 1. The first kappa shape index (κ1) is 16.6. The molecule has 0 spiro atoms. The van der Waals surface area contributed by atoms with Gasteiger partial charge < -0.3 is 15.2 Å². The molecule has 1 unspecified atom stereocenters. The van der Waals surface area contributed by atoms with E-state index in [2.05, 4.69) is 5.32 Å². The molecule has 1 amide bonds. The number of nitro groups is 1. The third kappa shape index (κ3) is 4.53. The van der Waals surface area contributed by atoms with Crippen molar-refractivity contribution < 1.29 is 24.4 Å². The third-order valence-electron chi connectivity index (χ3n) is 2.97. The maximum absolute atomic E-state index is 12.0. The molecule has 1 aromatic carbocycles. The molecule has 1 aromatic rings. The fourth-order valence-corrected chi connectivity index (χ4v) is 1.80. The van der Waals surface area contributed by atoms with Crippen LogP contribution in [0.5, 0.6) is 0 Å². The van der Waals surface area contributed by atoms with Gasteiger partial charge in [-0.05, 0) is 13.0 Å². The normalized spacial score (nSPS) is 11.7. The van der Waals surface area contributed by atoms with E-state index in [0.29, 0.717) is 0 Å². The summed E-state index contributed by atoms with van der Waals surface area (Å²) >= 11 is 0. The minimum atomic E-state index is -1.04. The lowest BCUT2D eigenvalue weighted by atomic mass is 10.1. The Morgan fingerprint density at radius 1 is 1.48 bits per heavy atom. The zero-order valence-electron chi connectivity index (χ0n) is 11.7. The Labute approximate surface area is 120 Å². The van der Waals surface area contributed by atoms with Crippen molar-refractivity contribution in [2.75, 3.05) is 13.7 Å². The van der Waals surface area contributed by atoms with E-state index in [4.69, 9.17) is 9.84 Å². The molecule has 0 aliphatic rings. The van der Waals surface area contributed by atoms with E-state index >= 15 is 0 Å². The van der Waals surface area contributed by atoms with Crippen LogP contribution in [0.3, 0.4) is 0 Å². The molecule has 0 aromatic heterocycles. The van der Waals surface area contributed by atoms with Crippen LogP contribution in [0, 0.1) is 17.0 Å². The Bertz CT molecular complexity index is 558. The molecule has 21 heavy (non-hydrogen) atoms. The third-order valence-corrected chi connectivity index (χ3v) is 2.97. The van der Waals surface area contributed by atoms with E-state index in [1.54, 1.807) is 0 Å². The number of carboxylic acids is 1. The largest absolute Gasteiger partial charge is 0.481 e. The Morgan fingerprint density at radius 2 is 2.14 bits per heavy atom. The standard InChI is InChI=1S/C13H16N2O6/c1-8-10(4-3-5-11(8)15(19)20)13(18)14-7-9(21-2)6-12(16)17/h3-5,9H,6-7H2,1-2H3,(H,14,18)(H,16,17). The molecule has 0 radical (unpaired) electrons. The molecule has 0 bridgehead atoms. The number of nitrogens with zero attached hydrogens (tertiary/aromatic N) is 1. The summed E-state index contributed by atoms with van der Waals surface area (Å²) in [6.07, 6.45) is -0.907. The van der Waals surface area contributed by atoms with Gasteiger partial charge in [0.05, 0.1) is 17.4 Å². The molecule has 2 N–H and O–H groups in total. The highest BCUT2D eigenvalue weighted by Crippen LogP contribution is 2.20. The van der Waals surface area contributed by atoms with Crippen molar-refractivity contribution in [3.8, 4) is 0 Å². The SMILES string of the molecule is COC(CNC(=O)c1cccc([N+](=O)[O-])c1C)CC(=O)O. The number of rotatable bonds is 7. The number of ether oxygens (including phenoxy) is 1. The van der Waals surface area contributed by atoms with Gasteiger partial charge in [0, 0.05) is 30.8 Å². The number of hydrogen-bond donors (Lipinski definition) is 2. The minimum Gasteiger partial charge on any atom is -0.481 e. The summed E-state index contributed by atoms with van der Waals surface area (Å²) in [4.78, 5) is 32.9. The van der Waals surface area contributed by atoms with E-state index in [9.17, 15) is 19.7 Å². The van der Waals surface area contributed by atoms with E-state index in [1.165, 1.54) is 32.2 Å². The fourth-order valence-electron chi connectivity index (χ4n) is 1.80. The van der Waals surface area contributed by atoms with Crippen molar-refractivity contribution in [2.45, 2.75) is 19.4 Å². The molecule has 1 atom stereocenters. The van der Waals surface area contributed by atoms with Crippen LogP contribution in [0.25, 0.3) is 0 Å². The highest BCUT2D eigenvalue weighted by molar-refractivity contribution is 5.96. The van der Waals surface area contributed by atoms with Crippen molar-refractivity contribution in [3.05, 3.63) is 39.4 Å². The van der Waals surface area contributed by atoms with Gasteiger partial charge in [0.15, 0.2) is 0 Å². The zero-order valence-corrected chi connectivity index (χ0v) is 11.7. The summed E-state index contributed by atoms with van der Waals surface area (Å²) in [6, 6.07) is 4.20. The predicted octanol–water partition coefficient (Wildman–Crippen LogP) is 1.12. The van der Waals surface area contributed by atoms with Crippen LogP contribution in [0.15, 0.2) is 18.2 Å². The number of hydrogen-bond acceptors (Lipinski definition) is 5. The number of nitro benzene ring substituents is 1. The molecule has 0 aliphatic heterocycles. The Balaban J connectivity index is 2.78. The molecule has 0 saturated heterocycles. The second-order valence-corrected chi connectivity index (χ2v) is 4.37. The van der Waals surface area contributed by atoms with Crippen molar-refractivity contribution in [3.63, 3.8) is 0 Å². The molecule has 0 saturated carbocycles. The maximum atomic E-state index is 12.0. The number of methoxy groups -OCH3 is 1. The molecule has 0 aliphatic carbocycles. The monoisotopic (exact) mass is 296 g/mol. The quantitative estimate of drug-likeness (QED) is 0.575. The van der Waals surface area contributed by atoms with Gasteiger partial charge >= 0.3 is 5.97 Å². The molecule has 0 heterocycles. The summed E-state index contributed by atoms with van der Waals surface area (Å²) in [5.41, 5.74) is 0.290. The van der Waals surface area contributed by atoms with E-state index < -0.39 is 22.9 Å². The predicted molar refractivity (Wildman–Crippen MR) is 73.2 cm³/mol. The first-order valence-electron chi connectivity index (χ1n) is 6.13. The second kappa shape index (κ2) is 7.34. The van der Waals surface area contributed by atoms with Crippen molar-refractivity contribution in [1.29, 1.82) is 0 Å². The Kier molecular flexibility index (Phi) is 5.79. The number of amides is 1. The van der Waals surface area contributed by atoms with Gasteiger partial charge in [-0.25, -0.2) is 0 Å². The summed E-state index contributed by atoms with van der Waals surface area (Å²) < 4.78 is 4.94. The van der Waals surface area contributed by atoms with Gasteiger partial charge in [0.2, 0.25) is 0 Å². The molecular formula is C13H16N2O6.